The van der Waals surface area contributed by atoms with Crippen LogP contribution in [0.5, 0.6) is 5.75 Å². The Morgan fingerprint density at radius 2 is 1.84 bits per heavy atom. The van der Waals surface area contributed by atoms with Crippen LogP contribution < -0.4 is 19.6 Å². The Kier molecular flexibility index (Phi) is 8.73. The summed E-state index contributed by atoms with van der Waals surface area (Å²) in [5.41, 5.74) is 4.19. The molecule has 0 spiro atoms. The highest BCUT2D eigenvalue weighted by atomic mass is 35.5. The largest absolute Gasteiger partial charge is 0.491 e. The van der Waals surface area contributed by atoms with Crippen LogP contribution in [-0.4, -0.2) is 27.8 Å². The van der Waals surface area contributed by atoms with Crippen molar-refractivity contribution >= 4 is 57.5 Å². The molecule has 6 rings (SSSR count). The van der Waals surface area contributed by atoms with Gasteiger partial charge in [-0.3, -0.25) is 9.36 Å². The van der Waals surface area contributed by atoms with Crippen molar-refractivity contribution in [2.45, 2.75) is 46.4 Å². The molecule has 10 heteroatoms. The van der Waals surface area contributed by atoms with Crippen LogP contribution in [0.25, 0.3) is 17.0 Å². The van der Waals surface area contributed by atoms with E-state index in [0.29, 0.717) is 42.9 Å². The van der Waals surface area contributed by atoms with Gasteiger partial charge in [-0.15, -0.1) is 0 Å². The number of fused-ring (bicyclic) bond motifs is 2. The van der Waals surface area contributed by atoms with Gasteiger partial charge in [-0.25, -0.2) is 9.79 Å². The van der Waals surface area contributed by atoms with Crippen LogP contribution in [-0.2, 0) is 16.1 Å². The summed E-state index contributed by atoms with van der Waals surface area (Å²) in [7, 11) is 0. The third kappa shape index (κ3) is 6.10. The van der Waals surface area contributed by atoms with Gasteiger partial charge in [0.15, 0.2) is 4.80 Å². The standard InChI is InChI=1S/C35H31Cl2N3O4S/c1-5-43-34(42)31-21(4)38-35-40(32(31)22-11-14-26(15-12-22)44-20(2)3)33(41)30(45-35)16-24-19-39(29-9-7-6-8-27(24)29)18-23-10-13-25(36)17-28(23)37/h6-17,19-20,32H,5,18H2,1-4H3/b30-16-/t32-/m1/s1. The molecule has 1 atom stereocenters. The van der Waals surface area contributed by atoms with Crippen molar-refractivity contribution in [1.29, 1.82) is 0 Å². The van der Waals surface area contributed by atoms with Gasteiger partial charge in [0.1, 0.15) is 5.75 Å². The number of nitrogens with zero attached hydrogens (tertiary/aromatic N) is 3. The van der Waals surface area contributed by atoms with E-state index in [0.717, 1.165) is 27.6 Å². The number of para-hydroxylation sites is 1. The molecule has 3 aromatic carbocycles. The number of ether oxygens (including phenoxy) is 2. The maximum atomic E-state index is 14.2. The minimum atomic E-state index is -0.705. The van der Waals surface area contributed by atoms with Gasteiger partial charge in [-0.1, -0.05) is 70.9 Å². The third-order valence-electron chi connectivity index (χ3n) is 7.55. The fraction of sp³-hybridized carbons (Fsp3) is 0.229. The molecule has 0 fully saturated rings. The molecular formula is C35H31Cl2N3O4S. The Labute approximate surface area is 274 Å². The minimum Gasteiger partial charge on any atom is -0.491 e. The molecule has 1 aliphatic rings. The van der Waals surface area contributed by atoms with Gasteiger partial charge in [-0.2, -0.15) is 0 Å². The van der Waals surface area contributed by atoms with Gasteiger partial charge in [0, 0.05) is 39.3 Å². The predicted octanol–water partition coefficient (Wildman–Crippen LogP) is 6.90. The first-order valence-electron chi connectivity index (χ1n) is 14.6. The highest BCUT2D eigenvalue weighted by molar-refractivity contribution is 7.07. The lowest BCUT2D eigenvalue weighted by molar-refractivity contribution is -0.139. The van der Waals surface area contributed by atoms with Gasteiger partial charge in [0.05, 0.1) is 34.6 Å². The van der Waals surface area contributed by atoms with Crippen molar-refractivity contribution in [2.75, 3.05) is 6.61 Å². The maximum absolute atomic E-state index is 14.2. The number of thiazole rings is 1. The molecule has 2 aromatic heterocycles. The number of allylic oxidation sites excluding steroid dienone is 1. The second-order valence-corrected chi connectivity index (χ2v) is 12.9. The lowest BCUT2D eigenvalue weighted by Gasteiger charge is -2.25. The number of rotatable bonds is 8. The first kappa shape index (κ1) is 30.9. The van der Waals surface area contributed by atoms with Crippen molar-refractivity contribution in [3.05, 3.63) is 131 Å². The normalized spacial score (nSPS) is 15.0. The Bertz CT molecular complexity index is 2140. The van der Waals surface area contributed by atoms with Crippen molar-refractivity contribution in [3.63, 3.8) is 0 Å². The van der Waals surface area contributed by atoms with Crippen LogP contribution in [0.3, 0.4) is 0 Å². The zero-order valence-corrected chi connectivity index (χ0v) is 27.5. The van der Waals surface area contributed by atoms with E-state index in [2.05, 4.69) is 4.57 Å². The molecule has 0 saturated carbocycles. The molecule has 0 radical (unpaired) electrons. The summed E-state index contributed by atoms with van der Waals surface area (Å²) >= 11 is 13.9. The SMILES string of the molecule is CCOC(=O)C1=C(C)N=c2s/c(=C\c3cn(Cc4ccc(Cl)cc4Cl)c4ccccc34)c(=O)n2[C@@H]1c1ccc(OC(C)C)cc1. The number of aromatic nitrogens is 2. The lowest BCUT2D eigenvalue weighted by Crippen LogP contribution is -2.39. The number of benzene rings is 3. The van der Waals surface area contributed by atoms with E-state index in [9.17, 15) is 9.59 Å². The fourth-order valence-corrected chi connectivity index (χ4v) is 7.11. The zero-order chi connectivity index (χ0) is 31.8. The van der Waals surface area contributed by atoms with Gasteiger partial charge in [0.2, 0.25) is 0 Å². The van der Waals surface area contributed by atoms with Gasteiger partial charge in [-0.05, 0) is 75.2 Å². The average Bonchev–Trinajstić information content (AvgIpc) is 3.50. The Balaban J connectivity index is 1.48. The summed E-state index contributed by atoms with van der Waals surface area (Å²) in [6.07, 6.45) is 3.93. The highest BCUT2D eigenvalue weighted by Gasteiger charge is 2.33. The van der Waals surface area contributed by atoms with E-state index in [4.69, 9.17) is 37.7 Å². The molecule has 5 aromatic rings. The van der Waals surface area contributed by atoms with E-state index in [1.807, 2.05) is 86.8 Å². The van der Waals surface area contributed by atoms with E-state index in [1.54, 1.807) is 24.5 Å². The van der Waals surface area contributed by atoms with E-state index < -0.39 is 12.0 Å². The van der Waals surface area contributed by atoms with Crippen LogP contribution >= 0.6 is 34.5 Å². The number of carbonyl (C=O) groups is 1. The second-order valence-electron chi connectivity index (χ2n) is 11.0. The van der Waals surface area contributed by atoms with Crippen molar-refractivity contribution in [3.8, 4) is 5.75 Å². The molecule has 0 unspecified atom stereocenters. The quantitative estimate of drug-likeness (QED) is 0.170. The summed E-state index contributed by atoms with van der Waals surface area (Å²) in [5, 5.41) is 2.16. The van der Waals surface area contributed by atoms with Crippen LogP contribution in [0.2, 0.25) is 10.0 Å². The molecule has 0 saturated heterocycles. The molecule has 1 aliphatic heterocycles. The summed E-state index contributed by atoms with van der Waals surface area (Å²) < 4.78 is 15.5. The number of halogens is 2. The monoisotopic (exact) mass is 659 g/mol. The van der Waals surface area contributed by atoms with Crippen LogP contribution in [0.15, 0.2) is 94.0 Å². The molecule has 230 valence electrons. The lowest BCUT2D eigenvalue weighted by atomic mass is 9.96. The molecule has 0 N–H and O–H groups in total. The highest BCUT2D eigenvalue weighted by Crippen LogP contribution is 2.32. The molecule has 3 heterocycles. The Morgan fingerprint density at radius 1 is 1.09 bits per heavy atom. The zero-order valence-electron chi connectivity index (χ0n) is 25.2. The van der Waals surface area contributed by atoms with Crippen LogP contribution in [0.1, 0.15) is 50.4 Å². The number of carbonyl (C=O) groups excluding carboxylic acids is 1. The molecule has 0 amide bonds. The fourth-order valence-electron chi connectivity index (χ4n) is 5.60. The summed E-state index contributed by atoms with van der Waals surface area (Å²) in [4.78, 5) is 32.7. The van der Waals surface area contributed by atoms with E-state index >= 15 is 0 Å². The molecule has 7 nitrogen and oxygen atoms in total. The summed E-state index contributed by atoms with van der Waals surface area (Å²) in [5.74, 6) is 0.209. The van der Waals surface area contributed by atoms with Crippen LogP contribution in [0.4, 0.5) is 0 Å². The topological polar surface area (TPSA) is 74.8 Å². The van der Waals surface area contributed by atoms with Crippen molar-refractivity contribution in [1.82, 2.24) is 9.13 Å². The van der Waals surface area contributed by atoms with Gasteiger partial charge < -0.3 is 14.0 Å². The number of hydrogen-bond acceptors (Lipinski definition) is 6. The summed E-state index contributed by atoms with van der Waals surface area (Å²) in [6.45, 7) is 8.20. The van der Waals surface area contributed by atoms with Gasteiger partial charge >= 0.3 is 5.97 Å². The van der Waals surface area contributed by atoms with Gasteiger partial charge in [0.25, 0.3) is 5.56 Å². The van der Waals surface area contributed by atoms with Crippen molar-refractivity contribution in [2.24, 2.45) is 4.99 Å². The Hall–Kier alpha value is -4.11. The first-order valence-corrected chi connectivity index (χ1v) is 16.2. The summed E-state index contributed by atoms with van der Waals surface area (Å²) in [6, 6.07) is 20.3. The molecular weight excluding hydrogens is 629 g/mol. The number of hydrogen-bond donors (Lipinski definition) is 0. The second kappa shape index (κ2) is 12.7. The molecule has 0 aliphatic carbocycles. The van der Waals surface area contributed by atoms with Crippen molar-refractivity contribution < 1.29 is 14.3 Å². The Morgan fingerprint density at radius 3 is 2.56 bits per heavy atom. The molecule has 45 heavy (non-hydrogen) atoms. The smallest absolute Gasteiger partial charge is 0.338 e. The molecule has 0 bridgehead atoms. The number of esters is 1. The predicted molar refractivity (Wildman–Crippen MR) is 180 cm³/mol. The van der Waals surface area contributed by atoms with Crippen LogP contribution in [0, 0.1) is 0 Å². The average molecular weight is 661 g/mol. The van der Waals surface area contributed by atoms with E-state index in [-0.39, 0.29) is 18.3 Å². The van der Waals surface area contributed by atoms with E-state index in [1.165, 1.54) is 11.3 Å². The first-order chi connectivity index (χ1) is 21.6. The maximum Gasteiger partial charge on any atom is 0.338 e. The minimum absolute atomic E-state index is 0.0138. The third-order valence-corrected chi connectivity index (χ3v) is 9.12.